The molecular formula is C15H17NO. The molecule has 0 radical (unpaired) electrons. The van der Waals surface area contributed by atoms with Crippen LogP contribution in [0.25, 0.3) is 0 Å². The fourth-order valence-corrected chi connectivity index (χ4v) is 1.55. The van der Waals surface area contributed by atoms with E-state index in [0.29, 0.717) is 0 Å². The van der Waals surface area contributed by atoms with Crippen LogP contribution in [-0.2, 0) is 11.2 Å². The Balaban J connectivity index is 3.22. The summed E-state index contributed by atoms with van der Waals surface area (Å²) in [4.78, 5) is 13.2. The largest absolute Gasteiger partial charge is 0.281 e. The molecule has 2 heteroatoms. The first-order chi connectivity index (χ1) is 8.20. The van der Waals surface area contributed by atoms with Crippen LogP contribution in [0.4, 0.5) is 5.69 Å². The third-order valence-electron chi connectivity index (χ3n) is 2.32. The van der Waals surface area contributed by atoms with Gasteiger partial charge in [-0.1, -0.05) is 24.3 Å². The Morgan fingerprint density at radius 3 is 2.76 bits per heavy atom. The highest BCUT2D eigenvalue weighted by molar-refractivity contribution is 5.94. The van der Waals surface area contributed by atoms with Crippen LogP contribution >= 0.6 is 0 Å². The number of hydrogen-bond acceptors (Lipinski definition) is 1. The van der Waals surface area contributed by atoms with Crippen molar-refractivity contribution in [1.29, 1.82) is 0 Å². The fourth-order valence-electron chi connectivity index (χ4n) is 1.55. The summed E-state index contributed by atoms with van der Waals surface area (Å²) in [6, 6.07) is 7.80. The summed E-state index contributed by atoms with van der Waals surface area (Å²) in [6.07, 6.45) is 6.00. The van der Waals surface area contributed by atoms with Gasteiger partial charge in [-0.2, -0.15) is 0 Å². The summed E-state index contributed by atoms with van der Waals surface area (Å²) in [5.74, 6) is -0.0316. The Bertz CT molecular complexity index is 468. The third-order valence-corrected chi connectivity index (χ3v) is 2.32. The summed E-state index contributed by atoms with van der Waals surface area (Å²) < 4.78 is 0. The first kappa shape index (κ1) is 13.0. The number of allylic oxidation sites excluding steroid dienone is 2. The molecule has 2 nitrogen and oxygen atoms in total. The molecule has 0 bridgehead atoms. The first-order valence-corrected chi connectivity index (χ1v) is 5.56. The van der Waals surface area contributed by atoms with Crippen LogP contribution < -0.4 is 4.90 Å². The highest BCUT2D eigenvalue weighted by atomic mass is 16.2. The molecule has 0 aliphatic heterocycles. The van der Waals surface area contributed by atoms with Gasteiger partial charge in [0, 0.05) is 6.92 Å². The average molecular weight is 227 g/mol. The van der Waals surface area contributed by atoms with E-state index in [4.69, 9.17) is 0 Å². The standard InChI is InChI=1S/C15H17NO/c1-4-6-12-16(13(3)17)15-11-8-7-10-14(15)9-5-2/h4-5,7-8,10-12H,2,9H2,1,3H3. The molecule has 0 saturated carbocycles. The lowest BCUT2D eigenvalue weighted by atomic mass is 10.1. The molecule has 0 fully saturated rings. The van der Waals surface area contributed by atoms with Crippen LogP contribution in [0.3, 0.4) is 0 Å². The zero-order valence-electron chi connectivity index (χ0n) is 10.3. The Morgan fingerprint density at radius 2 is 2.18 bits per heavy atom. The second-order valence-corrected chi connectivity index (χ2v) is 3.59. The molecule has 0 saturated heterocycles. The molecule has 88 valence electrons. The Labute approximate surface area is 103 Å². The lowest BCUT2D eigenvalue weighted by Gasteiger charge is -2.18. The van der Waals surface area contributed by atoms with Crippen molar-refractivity contribution in [2.45, 2.75) is 20.3 Å². The van der Waals surface area contributed by atoms with Crippen molar-refractivity contribution in [3.05, 3.63) is 60.5 Å². The minimum Gasteiger partial charge on any atom is -0.281 e. The van der Waals surface area contributed by atoms with Crippen molar-refractivity contribution < 1.29 is 4.79 Å². The predicted molar refractivity (Wildman–Crippen MR) is 71.8 cm³/mol. The zero-order chi connectivity index (χ0) is 12.7. The van der Waals surface area contributed by atoms with E-state index in [1.165, 1.54) is 0 Å². The van der Waals surface area contributed by atoms with Gasteiger partial charge in [0.2, 0.25) is 5.91 Å². The molecular weight excluding hydrogens is 210 g/mol. The number of nitrogens with zero attached hydrogens (tertiary/aromatic N) is 1. The van der Waals surface area contributed by atoms with Crippen LogP contribution in [0.15, 0.2) is 54.9 Å². The van der Waals surface area contributed by atoms with Crippen LogP contribution in [0.1, 0.15) is 19.4 Å². The quantitative estimate of drug-likeness (QED) is 0.570. The zero-order valence-corrected chi connectivity index (χ0v) is 10.3. The van der Waals surface area contributed by atoms with Gasteiger partial charge < -0.3 is 0 Å². The van der Waals surface area contributed by atoms with Gasteiger partial charge >= 0.3 is 0 Å². The molecule has 0 aromatic heterocycles. The van der Waals surface area contributed by atoms with E-state index in [9.17, 15) is 4.79 Å². The number of rotatable bonds is 4. The smallest absolute Gasteiger partial charge is 0.228 e. The fraction of sp³-hybridized carbons (Fsp3) is 0.200. The molecule has 0 spiro atoms. The maximum Gasteiger partial charge on any atom is 0.228 e. The van der Waals surface area contributed by atoms with E-state index in [0.717, 1.165) is 17.7 Å². The molecule has 0 atom stereocenters. The number of anilines is 1. The predicted octanol–water partition coefficient (Wildman–Crippen LogP) is 3.46. The Hall–Kier alpha value is -2.05. The summed E-state index contributed by atoms with van der Waals surface area (Å²) >= 11 is 0. The Morgan fingerprint density at radius 1 is 1.47 bits per heavy atom. The number of hydrogen-bond donors (Lipinski definition) is 0. The lowest BCUT2D eigenvalue weighted by molar-refractivity contribution is -0.116. The summed E-state index contributed by atoms with van der Waals surface area (Å²) in [7, 11) is 0. The van der Waals surface area contributed by atoms with Crippen LogP contribution in [0, 0.1) is 0 Å². The van der Waals surface area contributed by atoms with E-state index in [1.807, 2.05) is 37.3 Å². The number of carbonyl (C=O) groups is 1. The average Bonchev–Trinajstić information content (AvgIpc) is 2.31. The second kappa shape index (κ2) is 6.51. The van der Waals surface area contributed by atoms with Crippen molar-refractivity contribution in [2.24, 2.45) is 0 Å². The third kappa shape index (κ3) is 3.47. The van der Waals surface area contributed by atoms with E-state index >= 15 is 0 Å². The Kier molecular flexibility index (Phi) is 4.99. The summed E-state index contributed by atoms with van der Waals surface area (Å²) in [5.41, 5.74) is 4.89. The number of carbonyl (C=O) groups excluding carboxylic acids is 1. The van der Waals surface area contributed by atoms with Crippen LogP contribution in [0.5, 0.6) is 0 Å². The monoisotopic (exact) mass is 227 g/mol. The highest BCUT2D eigenvalue weighted by Crippen LogP contribution is 2.21. The number of amides is 1. The molecule has 0 unspecified atom stereocenters. The first-order valence-electron chi connectivity index (χ1n) is 5.56. The van der Waals surface area contributed by atoms with Gasteiger partial charge in [0.1, 0.15) is 0 Å². The maximum atomic E-state index is 11.6. The molecule has 17 heavy (non-hydrogen) atoms. The van der Waals surface area contributed by atoms with Crippen molar-refractivity contribution in [3.63, 3.8) is 0 Å². The van der Waals surface area contributed by atoms with Gasteiger partial charge in [-0.15, -0.1) is 12.3 Å². The number of benzene rings is 1. The van der Waals surface area contributed by atoms with E-state index in [-0.39, 0.29) is 5.91 Å². The molecule has 0 heterocycles. The molecule has 1 amide bonds. The van der Waals surface area contributed by atoms with Gasteiger partial charge in [-0.05, 0) is 31.1 Å². The molecule has 1 rings (SSSR count). The van der Waals surface area contributed by atoms with Gasteiger partial charge in [-0.3, -0.25) is 9.69 Å². The maximum absolute atomic E-state index is 11.6. The van der Waals surface area contributed by atoms with Gasteiger partial charge in [0.25, 0.3) is 0 Å². The minimum atomic E-state index is -0.0316. The summed E-state index contributed by atoms with van der Waals surface area (Å²) in [6.45, 7) is 7.13. The van der Waals surface area contributed by atoms with Crippen molar-refractivity contribution in [2.75, 3.05) is 4.90 Å². The molecule has 1 aromatic rings. The molecule has 0 aliphatic rings. The lowest BCUT2D eigenvalue weighted by Crippen LogP contribution is -2.22. The van der Waals surface area contributed by atoms with Crippen LogP contribution in [0.2, 0.25) is 0 Å². The van der Waals surface area contributed by atoms with E-state index in [2.05, 4.69) is 12.3 Å². The molecule has 0 N–H and O–H groups in total. The highest BCUT2D eigenvalue weighted by Gasteiger charge is 2.11. The van der Waals surface area contributed by atoms with Gasteiger partial charge in [0.05, 0.1) is 11.9 Å². The van der Waals surface area contributed by atoms with Crippen molar-refractivity contribution >= 4 is 11.6 Å². The van der Waals surface area contributed by atoms with Crippen molar-refractivity contribution in [3.8, 4) is 0 Å². The summed E-state index contributed by atoms with van der Waals surface area (Å²) in [5, 5.41) is 0. The normalized spacial score (nSPS) is 9.06. The van der Waals surface area contributed by atoms with Crippen molar-refractivity contribution in [1.82, 2.24) is 0 Å². The number of para-hydroxylation sites is 1. The second-order valence-electron chi connectivity index (χ2n) is 3.59. The SMILES string of the molecule is C=CCc1ccccc1N(C=C=CC)C(C)=O. The molecule has 0 aliphatic carbocycles. The van der Waals surface area contributed by atoms with Gasteiger partial charge in [0.15, 0.2) is 0 Å². The topological polar surface area (TPSA) is 20.3 Å². The van der Waals surface area contributed by atoms with Crippen LogP contribution in [-0.4, -0.2) is 5.91 Å². The van der Waals surface area contributed by atoms with E-state index < -0.39 is 0 Å². The molecule has 1 aromatic carbocycles. The van der Waals surface area contributed by atoms with E-state index in [1.54, 1.807) is 24.1 Å². The minimum absolute atomic E-state index is 0.0316. The van der Waals surface area contributed by atoms with Gasteiger partial charge in [-0.25, -0.2) is 0 Å².